The molecule has 1 fully saturated rings. The van der Waals surface area contributed by atoms with Gasteiger partial charge in [0.15, 0.2) is 0 Å². The first-order chi connectivity index (χ1) is 15.5. The Balaban J connectivity index is 1.57. The molecule has 0 unspecified atom stereocenters. The van der Waals surface area contributed by atoms with Gasteiger partial charge in [-0.15, -0.1) is 11.8 Å². The number of amides is 1. The lowest BCUT2D eigenvalue weighted by molar-refractivity contribution is -0.137. The summed E-state index contributed by atoms with van der Waals surface area (Å²) in [6.07, 6.45) is -2.91. The van der Waals surface area contributed by atoms with E-state index < -0.39 is 27.7 Å². The lowest BCUT2D eigenvalue weighted by Gasteiger charge is -2.34. The first-order valence-electron chi connectivity index (χ1n) is 10.3. The highest BCUT2D eigenvalue weighted by Crippen LogP contribution is 2.32. The average molecular weight is 502 g/mol. The summed E-state index contributed by atoms with van der Waals surface area (Å²) in [7, 11) is -0.0586. The van der Waals surface area contributed by atoms with E-state index in [-0.39, 0.29) is 16.7 Å². The van der Waals surface area contributed by atoms with Crippen LogP contribution in [-0.4, -0.2) is 62.5 Å². The van der Waals surface area contributed by atoms with Gasteiger partial charge in [-0.25, -0.2) is 8.42 Å². The van der Waals surface area contributed by atoms with Crippen LogP contribution in [0.3, 0.4) is 0 Å². The van der Waals surface area contributed by atoms with Crippen molar-refractivity contribution in [2.75, 3.05) is 38.3 Å². The highest BCUT2D eigenvalue weighted by Gasteiger charge is 2.31. The Bertz CT molecular complexity index is 1070. The normalized spacial score (nSPS) is 16.2. The largest absolute Gasteiger partial charge is 0.416 e. The van der Waals surface area contributed by atoms with Crippen LogP contribution in [0.2, 0.25) is 0 Å². The number of sulfonamides is 1. The maximum absolute atomic E-state index is 12.9. The fraction of sp³-hybridized carbons (Fsp3) is 0.409. The van der Waals surface area contributed by atoms with Crippen LogP contribution >= 0.6 is 11.8 Å². The van der Waals surface area contributed by atoms with E-state index in [0.717, 1.165) is 49.8 Å². The summed E-state index contributed by atoms with van der Waals surface area (Å²) in [5.74, 6) is -0.489. The molecule has 11 heteroatoms. The second kappa shape index (κ2) is 10.5. The molecule has 0 bridgehead atoms. The van der Waals surface area contributed by atoms with Crippen LogP contribution in [0.4, 0.5) is 18.9 Å². The van der Waals surface area contributed by atoms with Crippen LogP contribution < -0.4 is 5.32 Å². The van der Waals surface area contributed by atoms with Crippen LogP contribution in [0.5, 0.6) is 0 Å². The third kappa shape index (κ3) is 6.72. The molecule has 1 saturated heterocycles. The number of carbonyl (C=O) groups excluding carboxylic acids is 1. The van der Waals surface area contributed by atoms with E-state index in [1.54, 1.807) is 7.05 Å². The van der Waals surface area contributed by atoms with Gasteiger partial charge in [0.2, 0.25) is 15.9 Å². The van der Waals surface area contributed by atoms with E-state index in [4.69, 9.17) is 0 Å². The van der Waals surface area contributed by atoms with Crippen LogP contribution in [0.15, 0.2) is 58.3 Å². The first-order valence-corrected chi connectivity index (χ1v) is 12.8. The third-order valence-corrected chi connectivity index (χ3v) is 8.47. The molecular weight excluding hydrogens is 475 g/mol. The van der Waals surface area contributed by atoms with Gasteiger partial charge in [-0.1, -0.05) is 6.07 Å². The van der Waals surface area contributed by atoms with Crippen molar-refractivity contribution in [1.82, 2.24) is 9.21 Å². The Hall–Kier alpha value is -2.08. The van der Waals surface area contributed by atoms with E-state index in [1.807, 2.05) is 7.05 Å². The zero-order chi connectivity index (χ0) is 24.2. The molecule has 1 aliphatic rings. The molecule has 1 aliphatic heterocycles. The molecule has 3 rings (SSSR count). The average Bonchev–Trinajstić information content (AvgIpc) is 2.78. The summed E-state index contributed by atoms with van der Waals surface area (Å²) in [6, 6.07) is 10.6. The molecule has 1 N–H and O–H groups in total. The predicted molar refractivity (Wildman–Crippen MR) is 123 cm³/mol. The number of anilines is 1. The van der Waals surface area contributed by atoms with Crippen molar-refractivity contribution >= 4 is 33.4 Å². The SMILES string of the molecule is CN1CCC(N(C)S(=O)(=O)c2ccc(NC(=O)CSc3cccc(C(F)(F)F)c3)cc2)CC1. The fourth-order valence-electron chi connectivity index (χ4n) is 3.54. The van der Waals surface area contributed by atoms with Crippen LogP contribution in [0.1, 0.15) is 18.4 Å². The van der Waals surface area contributed by atoms with Gasteiger partial charge in [0.25, 0.3) is 0 Å². The third-order valence-electron chi connectivity index (χ3n) is 5.55. The van der Waals surface area contributed by atoms with Crippen molar-refractivity contribution in [3.8, 4) is 0 Å². The first kappa shape index (κ1) is 25.5. The van der Waals surface area contributed by atoms with Gasteiger partial charge in [-0.05, 0) is 75.4 Å². The summed E-state index contributed by atoms with van der Waals surface area (Å²) < 4.78 is 65.7. The lowest BCUT2D eigenvalue weighted by atomic mass is 10.1. The van der Waals surface area contributed by atoms with E-state index in [9.17, 15) is 26.4 Å². The number of likely N-dealkylation sites (tertiary alicyclic amines) is 1. The highest BCUT2D eigenvalue weighted by atomic mass is 32.2. The Kier molecular flexibility index (Phi) is 8.09. The van der Waals surface area contributed by atoms with Gasteiger partial charge in [0.1, 0.15) is 0 Å². The smallest absolute Gasteiger partial charge is 0.325 e. The van der Waals surface area contributed by atoms with Gasteiger partial charge in [0.05, 0.1) is 16.2 Å². The molecule has 0 aromatic heterocycles. The van der Waals surface area contributed by atoms with Gasteiger partial charge in [-0.3, -0.25) is 4.79 Å². The molecule has 1 heterocycles. The van der Waals surface area contributed by atoms with Gasteiger partial charge >= 0.3 is 6.18 Å². The number of hydrogen-bond donors (Lipinski definition) is 1. The Morgan fingerprint density at radius 3 is 2.39 bits per heavy atom. The lowest BCUT2D eigenvalue weighted by Crippen LogP contribution is -2.44. The van der Waals surface area contributed by atoms with Crippen LogP contribution in [0.25, 0.3) is 0 Å². The van der Waals surface area contributed by atoms with E-state index in [1.165, 1.54) is 40.7 Å². The molecular formula is C22H26F3N3O3S2. The number of piperidine rings is 1. The van der Waals surface area contributed by atoms with Crippen molar-refractivity contribution in [3.05, 3.63) is 54.1 Å². The van der Waals surface area contributed by atoms with Crippen molar-refractivity contribution in [2.45, 2.75) is 34.9 Å². The number of nitrogens with one attached hydrogen (secondary N) is 1. The minimum atomic E-state index is -4.44. The topological polar surface area (TPSA) is 69.7 Å². The van der Waals surface area contributed by atoms with Crippen LogP contribution in [-0.2, 0) is 21.0 Å². The Morgan fingerprint density at radius 2 is 1.79 bits per heavy atom. The molecule has 0 spiro atoms. The summed E-state index contributed by atoms with van der Waals surface area (Å²) in [5.41, 5.74) is -0.361. The summed E-state index contributed by atoms with van der Waals surface area (Å²) in [5, 5.41) is 2.64. The van der Waals surface area contributed by atoms with Crippen molar-refractivity contribution in [3.63, 3.8) is 0 Å². The number of alkyl halides is 3. The highest BCUT2D eigenvalue weighted by molar-refractivity contribution is 8.00. The number of hydrogen-bond acceptors (Lipinski definition) is 5. The summed E-state index contributed by atoms with van der Waals surface area (Å²) in [4.78, 5) is 14.8. The zero-order valence-electron chi connectivity index (χ0n) is 18.3. The molecule has 0 saturated carbocycles. The molecule has 2 aromatic rings. The number of halogens is 3. The second-order valence-electron chi connectivity index (χ2n) is 7.94. The summed E-state index contributed by atoms with van der Waals surface area (Å²) >= 11 is 0.987. The molecule has 33 heavy (non-hydrogen) atoms. The molecule has 0 aliphatic carbocycles. The standard InChI is InChI=1S/C22H26F3N3O3S2/c1-27-12-10-18(11-13-27)28(2)33(30,31)20-8-6-17(7-9-20)26-21(29)15-32-19-5-3-4-16(14-19)22(23,24)25/h3-9,14,18H,10-13,15H2,1-2H3,(H,26,29). The minimum Gasteiger partial charge on any atom is -0.325 e. The Labute approximate surface area is 196 Å². The maximum Gasteiger partial charge on any atom is 0.416 e. The second-order valence-corrected chi connectivity index (χ2v) is 11.0. The Morgan fingerprint density at radius 1 is 1.15 bits per heavy atom. The van der Waals surface area contributed by atoms with Crippen molar-refractivity contribution < 1.29 is 26.4 Å². The quantitative estimate of drug-likeness (QED) is 0.578. The number of rotatable bonds is 7. The van der Waals surface area contributed by atoms with Gasteiger partial charge < -0.3 is 10.2 Å². The van der Waals surface area contributed by atoms with Gasteiger partial charge in [0, 0.05) is 23.7 Å². The van der Waals surface area contributed by atoms with E-state index >= 15 is 0 Å². The molecule has 2 aromatic carbocycles. The summed E-state index contributed by atoms with van der Waals surface area (Å²) in [6.45, 7) is 1.68. The molecule has 0 radical (unpaired) electrons. The fourth-order valence-corrected chi connectivity index (χ4v) is 5.71. The monoisotopic (exact) mass is 501 g/mol. The van der Waals surface area contributed by atoms with E-state index in [2.05, 4.69) is 10.2 Å². The molecule has 180 valence electrons. The van der Waals surface area contributed by atoms with Crippen molar-refractivity contribution in [2.24, 2.45) is 0 Å². The molecule has 1 amide bonds. The zero-order valence-corrected chi connectivity index (χ0v) is 19.9. The minimum absolute atomic E-state index is 0.0570. The predicted octanol–water partition coefficient (Wildman–Crippen LogP) is 4.15. The number of carbonyl (C=O) groups is 1. The van der Waals surface area contributed by atoms with E-state index in [0.29, 0.717) is 10.6 Å². The maximum atomic E-state index is 12.9. The number of benzene rings is 2. The van der Waals surface area contributed by atoms with Crippen molar-refractivity contribution in [1.29, 1.82) is 0 Å². The van der Waals surface area contributed by atoms with Gasteiger partial charge in [-0.2, -0.15) is 17.5 Å². The number of thioether (sulfide) groups is 1. The number of nitrogens with zero attached hydrogens (tertiary/aromatic N) is 2. The van der Waals surface area contributed by atoms with Crippen LogP contribution in [0, 0.1) is 0 Å². The molecule has 0 atom stereocenters. The molecule has 6 nitrogen and oxygen atoms in total.